The lowest BCUT2D eigenvalue weighted by molar-refractivity contribution is -0.134. The fraction of sp³-hybridized carbons (Fsp3) is 0.333. The van der Waals surface area contributed by atoms with E-state index in [1.54, 1.807) is 17.0 Å². The van der Waals surface area contributed by atoms with Crippen LogP contribution in [0.5, 0.6) is 0 Å². The number of carbonyl (C=O) groups is 4. The molecular formula is C30H34N4O5. The third-order valence-electron chi connectivity index (χ3n) is 6.73. The molecule has 2 N–H and O–H groups in total. The van der Waals surface area contributed by atoms with Gasteiger partial charge < -0.3 is 24.9 Å². The SMILES string of the molecule is CCCN(CC(=O)Nc1ccc(-c2ccc(-c3ccc(NC(=O)C4CCCN4C(C)=O)cc3)o2)cc1)C(C)=O. The second-order valence-electron chi connectivity index (χ2n) is 9.67. The van der Waals surface area contributed by atoms with E-state index in [0.29, 0.717) is 42.4 Å². The number of nitrogens with zero attached hydrogens (tertiary/aromatic N) is 2. The Morgan fingerprint density at radius 3 is 1.95 bits per heavy atom. The van der Waals surface area contributed by atoms with Gasteiger partial charge in [0, 0.05) is 49.4 Å². The molecule has 0 radical (unpaired) electrons. The van der Waals surface area contributed by atoms with Crippen molar-refractivity contribution in [2.24, 2.45) is 0 Å². The smallest absolute Gasteiger partial charge is 0.247 e. The van der Waals surface area contributed by atoms with Crippen molar-refractivity contribution < 1.29 is 23.6 Å². The minimum absolute atomic E-state index is 0.0202. The van der Waals surface area contributed by atoms with E-state index in [-0.39, 0.29) is 30.2 Å². The largest absolute Gasteiger partial charge is 0.456 e. The van der Waals surface area contributed by atoms with Crippen molar-refractivity contribution in [1.29, 1.82) is 0 Å². The van der Waals surface area contributed by atoms with Gasteiger partial charge in [-0.1, -0.05) is 6.92 Å². The zero-order valence-corrected chi connectivity index (χ0v) is 22.5. The molecule has 0 spiro atoms. The molecule has 4 amide bonds. The number of amides is 4. The number of carbonyl (C=O) groups excluding carboxylic acids is 4. The van der Waals surface area contributed by atoms with Gasteiger partial charge in [0.25, 0.3) is 0 Å². The first kappa shape index (κ1) is 27.6. The lowest BCUT2D eigenvalue weighted by Gasteiger charge is -2.22. The summed E-state index contributed by atoms with van der Waals surface area (Å²) in [5.74, 6) is 0.730. The highest BCUT2D eigenvalue weighted by Gasteiger charge is 2.32. The molecule has 0 saturated carbocycles. The predicted octanol–water partition coefficient (Wildman–Crippen LogP) is 4.76. The molecule has 1 unspecified atom stereocenters. The summed E-state index contributed by atoms with van der Waals surface area (Å²) < 4.78 is 6.06. The van der Waals surface area contributed by atoms with Gasteiger partial charge in [0.2, 0.25) is 23.6 Å². The highest BCUT2D eigenvalue weighted by atomic mass is 16.3. The van der Waals surface area contributed by atoms with E-state index in [0.717, 1.165) is 24.0 Å². The van der Waals surface area contributed by atoms with Gasteiger partial charge in [-0.05, 0) is 79.9 Å². The summed E-state index contributed by atoms with van der Waals surface area (Å²) in [6.45, 7) is 6.09. The number of hydrogen-bond acceptors (Lipinski definition) is 5. The first-order valence-electron chi connectivity index (χ1n) is 13.2. The van der Waals surface area contributed by atoms with Gasteiger partial charge in [-0.3, -0.25) is 19.2 Å². The van der Waals surface area contributed by atoms with E-state index in [9.17, 15) is 19.2 Å². The second-order valence-corrected chi connectivity index (χ2v) is 9.67. The normalized spacial score (nSPS) is 14.6. The molecule has 1 atom stereocenters. The van der Waals surface area contributed by atoms with Crippen LogP contribution in [-0.4, -0.2) is 59.1 Å². The molecule has 2 heterocycles. The maximum Gasteiger partial charge on any atom is 0.247 e. The van der Waals surface area contributed by atoms with E-state index in [2.05, 4.69) is 10.6 Å². The lowest BCUT2D eigenvalue weighted by atomic mass is 10.1. The molecular weight excluding hydrogens is 496 g/mol. The van der Waals surface area contributed by atoms with Crippen LogP contribution in [0.15, 0.2) is 65.1 Å². The Balaban J connectivity index is 1.35. The van der Waals surface area contributed by atoms with Crippen LogP contribution in [0.4, 0.5) is 11.4 Å². The van der Waals surface area contributed by atoms with Crippen LogP contribution in [0.3, 0.4) is 0 Å². The summed E-state index contributed by atoms with van der Waals surface area (Å²) in [5, 5.41) is 5.73. The number of furan rings is 1. The van der Waals surface area contributed by atoms with Gasteiger partial charge in [-0.2, -0.15) is 0 Å². The molecule has 9 heteroatoms. The van der Waals surface area contributed by atoms with E-state index in [1.807, 2.05) is 55.5 Å². The van der Waals surface area contributed by atoms with Gasteiger partial charge in [-0.15, -0.1) is 0 Å². The van der Waals surface area contributed by atoms with Crippen LogP contribution in [0.25, 0.3) is 22.6 Å². The summed E-state index contributed by atoms with van der Waals surface area (Å²) in [4.78, 5) is 51.6. The Morgan fingerprint density at radius 1 is 0.872 bits per heavy atom. The molecule has 3 aromatic rings. The van der Waals surface area contributed by atoms with Gasteiger partial charge in [-0.25, -0.2) is 0 Å². The molecule has 4 rings (SSSR count). The minimum Gasteiger partial charge on any atom is -0.456 e. The van der Waals surface area contributed by atoms with Crippen LogP contribution in [0.1, 0.15) is 40.0 Å². The van der Waals surface area contributed by atoms with Crippen LogP contribution < -0.4 is 10.6 Å². The third-order valence-corrected chi connectivity index (χ3v) is 6.73. The standard InChI is InChI=1S/C30H34N4O5/c1-4-17-33(20(2)35)19-29(37)31-24-11-7-22(8-12-24)27-15-16-28(39-27)23-9-13-25(14-10-23)32-30(38)26-6-5-18-34(26)21(3)36/h7-16,26H,4-6,17-19H2,1-3H3,(H,31,37)(H,32,38). The topological polar surface area (TPSA) is 112 Å². The van der Waals surface area contributed by atoms with E-state index >= 15 is 0 Å². The van der Waals surface area contributed by atoms with Crippen molar-refractivity contribution in [2.75, 3.05) is 30.3 Å². The molecule has 1 saturated heterocycles. The second kappa shape index (κ2) is 12.4. The molecule has 1 aromatic heterocycles. The number of rotatable bonds is 9. The average Bonchev–Trinajstić information content (AvgIpc) is 3.60. The van der Waals surface area contributed by atoms with Crippen molar-refractivity contribution in [3.8, 4) is 22.6 Å². The van der Waals surface area contributed by atoms with Gasteiger partial charge in [0.05, 0.1) is 6.54 Å². The van der Waals surface area contributed by atoms with E-state index in [1.165, 1.54) is 18.7 Å². The molecule has 9 nitrogen and oxygen atoms in total. The van der Waals surface area contributed by atoms with Crippen molar-refractivity contribution in [3.05, 3.63) is 60.7 Å². The summed E-state index contributed by atoms with van der Waals surface area (Å²) in [5.41, 5.74) is 3.00. The number of hydrogen-bond donors (Lipinski definition) is 2. The van der Waals surface area contributed by atoms with Crippen molar-refractivity contribution in [3.63, 3.8) is 0 Å². The summed E-state index contributed by atoms with van der Waals surface area (Å²) in [6.07, 6.45) is 2.28. The van der Waals surface area contributed by atoms with E-state index < -0.39 is 6.04 Å². The van der Waals surface area contributed by atoms with Crippen molar-refractivity contribution >= 4 is 35.0 Å². The Labute approximate surface area is 228 Å². The molecule has 204 valence electrons. The minimum atomic E-state index is -0.425. The van der Waals surface area contributed by atoms with Crippen LogP contribution in [0, 0.1) is 0 Å². The Kier molecular flexibility index (Phi) is 8.81. The maximum atomic E-state index is 12.7. The molecule has 1 aliphatic rings. The zero-order valence-electron chi connectivity index (χ0n) is 22.5. The quantitative estimate of drug-likeness (QED) is 0.414. The van der Waals surface area contributed by atoms with Crippen LogP contribution in [-0.2, 0) is 19.2 Å². The molecule has 39 heavy (non-hydrogen) atoms. The zero-order chi connectivity index (χ0) is 27.9. The molecule has 0 aliphatic carbocycles. The van der Waals surface area contributed by atoms with E-state index in [4.69, 9.17) is 4.42 Å². The van der Waals surface area contributed by atoms with Crippen LogP contribution >= 0.6 is 0 Å². The molecule has 1 aliphatic heterocycles. The first-order chi connectivity index (χ1) is 18.7. The summed E-state index contributed by atoms with van der Waals surface area (Å²) in [6, 6.07) is 18.0. The Bertz CT molecular complexity index is 1330. The molecule has 0 bridgehead atoms. The monoisotopic (exact) mass is 530 g/mol. The number of anilines is 2. The van der Waals surface area contributed by atoms with Gasteiger partial charge >= 0.3 is 0 Å². The fourth-order valence-electron chi connectivity index (χ4n) is 4.72. The van der Waals surface area contributed by atoms with Gasteiger partial charge in [0.1, 0.15) is 17.6 Å². The van der Waals surface area contributed by atoms with Crippen molar-refractivity contribution in [1.82, 2.24) is 9.80 Å². The number of nitrogens with one attached hydrogen (secondary N) is 2. The molecule has 1 fully saturated rings. The Hall–Kier alpha value is -4.40. The lowest BCUT2D eigenvalue weighted by Crippen LogP contribution is -2.42. The summed E-state index contributed by atoms with van der Waals surface area (Å²) >= 11 is 0. The highest BCUT2D eigenvalue weighted by Crippen LogP contribution is 2.30. The predicted molar refractivity (Wildman–Crippen MR) is 150 cm³/mol. The molecule has 2 aromatic carbocycles. The maximum absolute atomic E-state index is 12.7. The highest BCUT2D eigenvalue weighted by molar-refractivity contribution is 5.97. The first-order valence-corrected chi connectivity index (χ1v) is 13.2. The van der Waals surface area contributed by atoms with Crippen LogP contribution in [0.2, 0.25) is 0 Å². The summed E-state index contributed by atoms with van der Waals surface area (Å²) in [7, 11) is 0. The van der Waals surface area contributed by atoms with Gasteiger partial charge in [0.15, 0.2) is 0 Å². The van der Waals surface area contributed by atoms with Crippen molar-refractivity contribution in [2.45, 2.75) is 46.1 Å². The fourth-order valence-corrected chi connectivity index (χ4v) is 4.72. The third kappa shape index (κ3) is 6.93. The Morgan fingerprint density at radius 2 is 1.44 bits per heavy atom. The average molecular weight is 531 g/mol. The number of benzene rings is 2. The number of likely N-dealkylation sites (tertiary alicyclic amines) is 1.